The van der Waals surface area contributed by atoms with Gasteiger partial charge in [-0.2, -0.15) is 0 Å². The number of thioether (sulfide) groups is 1. The Morgan fingerprint density at radius 1 is 1.47 bits per heavy atom. The minimum Gasteiger partial charge on any atom is -0.478 e. The molecule has 0 aliphatic carbocycles. The summed E-state index contributed by atoms with van der Waals surface area (Å²) in [6.07, 6.45) is 2.07. The predicted octanol–water partition coefficient (Wildman–Crippen LogP) is 2.36. The highest BCUT2D eigenvalue weighted by Gasteiger charge is 2.16. The topological polar surface area (TPSA) is 59.4 Å². The number of ether oxygens (including phenoxy) is 1. The van der Waals surface area contributed by atoms with E-state index in [-0.39, 0.29) is 5.56 Å². The van der Waals surface area contributed by atoms with E-state index in [2.05, 4.69) is 4.98 Å². The van der Waals surface area contributed by atoms with Gasteiger partial charge in [0.05, 0.1) is 16.3 Å². The number of nitrogens with zero attached hydrogens (tertiary/aromatic N) is 1. The van der Waals surface area contributed by atoms with E-state index in [9.17, 15) is 4.79 Å². The smallest absolute Gasteiger partial charge is 0.337 e. The van der Waals surface area contributed by atoms with Crippen molar-refractivity contribution in [2.75, 3.05) is 13.2 Å². The van der Waals surface area contributed by atoms with Crippen molar-refractivity contribution in [2.24, 2.45) is 0 Å². The molecule has 0 unspecified atom stereocenters. The molecular weight excluding hydrogens is 238 g/mol. The monoisotopic (exact) mass is 253 g/mol. The van der Waals surface area contributed by atoms with Crippen molar-refractivity contribution in [3.8, 4) is 0 Å². The highest BCUT2D eigenvalue weighted by molar-refractivity contribution is 7.99. The average molecular weight is 253 g/mol. The number of hydrogen-bond acceptors (Lipinski definition) is 4. The van der Waals surface area contributed by atoms with Crippen molar-refractivity contribution in [1.29, 1.82) is 0 Å². The van der Waals surface area contributed by atoms with Crippen molar-refractivity contribution in [3.63, 3.8) is 0 Å². The second-order valence-electron chi connectivity index (χ2n) is 4.02. The Kier molecular flexibility index (Phi) is 4.02. The quantitative estimate of drug-likeness (QED) is 0.896. The molecule has 0 atom stereocenters. The fraction of sp³-hybridized carbons (Fsp3) is 0.500. The predicted molar refractivity (Wildman–Crippen MR) is 65.6 cm³/mol. The first-order valence-electron chi connectivity index (χ1n) is 5.62. The lowest BCUT2D eigenvalue weighted by molar-refractivity contribution is 0.0695. The maximum atomic E-state index is 10.9. The summed E-state index contributed by atoms with van der Waals surface area (Å²) in [7, 11) is 0. The van der Waals surface area contributed by atoms with Gasteiger partial charge in [-0.1, -0.05) is 0 Å². The number of rotatable bonds is 3. The molecule has 0 aromatic carbocycles. The summed E-state index contributed by atoms with van der Waals surface area (Å²) in [5.41, 5.74) is 0.857. The molecule has 1 aliphatic heterocycles. The standard InChI is InChI=1S/C12H15NO3S/c1-8-10(12(14)15)2-3-11(13-8)17-9-4-6-16-7-5-9/h2-3,9H,4-7H2,1H3,(H,14,15). The number of hydrogen-bond donors (Lipinski definition) is 1. The molecule has 0 spiro atoms. The fourth-order valence-electron chi connectivity index (χ4n) is 1.79. The van der Waals surface area contributed by atoms with E-state index < -0.39 is 5.97 Å². The van der Waals surface area contributed by atoms with Gasteiger partial charge in [0.1, 0.15) is 0 Å². The first-order chi connectivity index (χ1) is 8.16. The van der Waals surface area contributed by atoms with Crippen LogP contribution in [-0.2, 0) is 4.74 Å². The van der Waals surface area contributed by atoms with Crippen LogP contribution >= 0.6 is 11.8 Å². The van der Waals surface area contributed by atoms with Crippen LogP contribution in [0.15, 0.2) is 17.2 Å². The van der Waals surface area contributed by atoms with E-state index in [0.717, 1.165) is 31.1 Å². The summed E-state index contributed by atoms with van der Waals surface area (Å²) in [6, 6.07) is 3.42. The molecule has 2 rings (SSSR count). The van der Waals surface area contributed by atoms with Gasteiger partial charge in [0, 0.05) is 18.5 Å². The van der Waals surface area contributed by atoms with Gasteiger partial charge in [0.15, 0.2) is 0 Å². The number of carboxylic acids is 1. The Balaban J connectivity index is 2.06. The lowest BCUT2D eigenvalue weighted by Gasteiger charge is -2.21. The highest BCUT2D eigenvalue weighted by Crippen LogP contribution is 2.28. The van der Waals surface area contributed by atoms with Crippen LogP contribution in [0.3, 0.4) is 0 Å². The van der Waals surface area contributed by atoms with Crippen molar-refractivity contribution in [1.82, 2.24) is 4.98 Å². The lowest BCUT2D eigenvalue weighted by atomic mass is 10.2. The molecule has 0 saturated carbocycles. The van der Waals surface area contributed by atoms with Crippen molar-refractivity contribution < 1.29 is 14.6 Å². The summed E-state index contributed by atoms with van der Waals surface area (Å²) >= 11 is 1.72. The molecule has 1 aromatic heterocycles. The summed E-state index contributed by atoms with van der Waals surface area (Å²) in [5.74, 6) is -0.919. The summed E-state index contributed by atoms with van der Waals surface area (Å²) in [6.45, 7) is 3.35. The minimum absolute atomic E-state index is 0.279. The molecule has 0 bridgehead atoms. The van der Waals surface area contributed by atoms with Crippen LogP contribution in [0.2, 0.25) is 0 Å². The van der Waals surface area contributed by atoms with Crippen LogP contribution in [0.25, 0.3) is 0 Å². The molecule has 0 radical (unpaired) electrons. The van der Waals surface area contributed by atoms with Gasteiger partial charge in [-0.15, -0.1) is 11.8 Å². The van der Waals surface area contributed by atoms with Crippen LogP contribution < -0.4 is 0 Å². The largest absolute Gasteiger partial charge is 0.478 e. The zero-order valence-electron chi connectivity index (χ0n) is 9.68. The highest BCUT2D eigenvalue weighted by atomic mass is 32.2. The zero-order valence-corrected chi connectivity index (χ0v) is 10.5. The normalized spacial score (nSPS) is 17.0. The molecule has 1 saturated heterocycles. The zero-order chi connectivity index (χ0) is 12.3. The SMILES string of the molecule is Cc1nc(SC2CCOCC2)ccc1C(=O)O. The fourth-order valence-corrected chi connectivity index (χ4v) is 2.90. The van der Waals surface area contributed by atoms with E-state index in [1.807, 2.05) is 0 Å². The van der Waals surface area contributed by atoms with Crippen molar-refractivity contribution in [3.05, 3.63) is 23.4 Å². The molecule has 1 aliphatic rings. The average Bonchev–Trinajstić information content (AvgIpc) is 2.30. The maximum Gasteiger partial charge on any atom is 0.337 e. The van der Waals surface area contributed by atoms with E-state index >= 15 is 0 Å². The first-order valence-corrected chi connectivity index (χ1v) is 6.50. The molecule has 0 amide bonds. The van der Waals surface area contributed by atoms with Gasteiger partial charge in [0.2, 0.25) is 0 Å². The molecule has 4 nitrogen and oxygen atoms in total. The van der Waals surface area contributed by atoms with E-state index in [1.165, 1.54) is 0 Å². The Morgan fingerprint density at radius 3 is 2.76 bits per heavy atom. The molecule has 92 valence electrons. The lowest BCUT2D eigenvalue weighted by Crippen LogP contribution is -2.17. The summed E-state index contributed by atoms with van der Waals surface area (Å²) in [4.78, 5) is 15.2. The van der Waals surface area contributed by atoms with Crippen LogP contribution in [0.1, 0.15) is 28.9 Å². The summed E-state index contributed by atoms with van der Waals surface area (Å²) in [5, 5.41) is 10.4. The minimum atomic E-state index is -0.919. The number of aryl methyl sites for hydroxylation is 1. The van der Waals surface area contributed by atoms with Gasteiger partial charge in [-0.3, -0.25) is 0 Å². The number of aromatic carboxylic acids is 1. The third-order valence-corrected chi connectivity index (χ3v) is 4.02. The number of carboxylic acid groups (broad SMARTS) is 1. The Hall–Kier alpha value is -1.07. The third-order valence-electron chi connectivity index (χ3n) is 2.75. The van der Waals surface area contributed by atoms with Gasteiger partial charge in [-0.25, -0.2) is 9.78 Å². The molecule has 2 heterocycles. The molecule has 17 heavy (non-hydrogen) atoms. The van der Waals surface area contributed by atoms with Gasteiger partial charge < -0.3 is 9.84 Å². The van der Waals surface area contributed by atoms with Crippen LogP contribution in [-0.4, -0.2) is 34.5 Å². The van der Waals surface area contributed by atoms with Crippen LogP contribution in [0, 0.1) is 6.92 Å². The van der Waals surface area contributed by atoms with Crippen LogP contribution in [0.5, 0.6) is 0 Å². The van der Waals surface area contributed by atoms with Gasteiger partial charge in [-0.05, 0) is 31.9 Å². The Morgan fingerprint density at radius 2 is 2.18 bits per heavy atom. The first kappa shape index (κ1) is 12.4. The second kappa shape index (κ2) is 5.51. The number of pyridine rings is 1. The second-order valence-corrected chi connectivity index (χ2v) is 5.34. The molecular formula is C12H15NO3S. The van der Waals surface area contributed by atoms with E-state index in [0.29, 0.717) is 10.9 Å². The van der Waals surface area contributed by atoms with Gasteiger partial charge >= 0.3 is 5.97 Å². The van der Waals surface area contributed by atoms with Gasteiger partial charge in [0.25, 0.3) is 0 Å². The number of aromatic nitrogens is 1. The van der Waals surface area contributed by atoms with E-state index in [1.54, 1.807) is 30.8 Å². The Labute approximate surface area is 104 Å². The van der Waals surface area contributed by atoms with Crippen molar-refractivity contribution in [2.45, 2.75) is 30.0 Å². The molecule has 1 fully saturated rings. The molecule has 5 heteroatoms. The van der Waals surface area contributed by atoms with Crippen LogP contribution in [0.4, 0.5) is 0 Å². The maximum absolute atomic E-state index is 10.9. The third kappa shape index (κ3) is 3.20. The van der Waals surface area contributed by atoms with Crippen molar-refractivity contribution >= 4 is 17.7 Å². The Bertz CT molecular complexity index is 416. The summed E-state index contributed by atoms with van der Waals surface area (Å²) < 4.78 is 5.30. The molecule has 1 aromatic rings. The van der Waals surface area contributed by atoms with E-state index in [4.69, 9.17) is 9.84 Å². The number of carbonyl (C=O) groups is 1. The molecule has 1 N–H and O–H groups in total.